The highest BCUT2D eigenvalue weighted by molar-refractivity contribution is 6.12. The Balaban J connectivity index is 0.684. The average molecular weight is 1150 g/mol. The Bertz CT molecular complexity index is 1800. The third kappa shape index (κ3) is 25.7. The van der Waals surface area contributed by atoms with Crippen LogP contribution in [0, 0.1) is 46.3 Å². The Labute approximate surface area is 485 Å². The lowest BCUT2D eigenvalue weighted by atomic mass is 9.47. The number of carbonyl (C=O) groups is 4. The van der Waals surface area contributed by atoms with E-state index in [2.05, 4.69) is 46.0 Å². The van der Waals surface area contributed by atoms with Gasteiger partial charge in [0, 0.05) is 38.1 Å². The van der Waals surface area contributed by atoms with E-state index in [0.29, 0.717) is 177 Å². The van der Waals surface area contributed by atoms with Crippen LogP contribution in [-0.4, -0.2) is 206 Å². The van der Waals surface area contributed by atoms with Gasteiger partial charge in [0.15, 0.2) is 0 Å². The Morgan fingerprint density at radius 2 is 1.02 bits per heavy atom. The first-order chi connectivity index (χ1) is 39.4. The number of carbonyl (C=O) groups excluding carboxylic acids is 4. The maximum Gasteiger partial charge on any atom is 0.308 e. The molecule has 5 aliphatic rings. The van der Waals surface area contributed by atoms with Gasteiger partial charge in [0.1, 0.15) is 6.10 Å². The standard InChI is InChI=1S/C62H106N2O17/c1-49(2)8-6-9-50(3)54-13-14-55-53-12-11-51-48-52(17-20-61(51,4)56(53)18-21-62(54,55)5)81-60(68)19-24-69-26-28-71-30-32-73-34-36-75-38-40-77-42-44-79-46-47-80-45-43-78-41-39-76-37-35-74-33-31-72-29-27-70-25-22-63-57(65)10-7-23-64-58(66)15-16-59(64)67/h11,15-16,49-50,52-56H,6-10,12-14,17-48H2,1-5H3,(H,63,65). The molecule has 5 rings (SSSR count). The van der Waals surface area contributed by atoms with Gasteiger partial charge in [0.05, 0.1) is 165 Å². The molecule has 1 heterocycles. The summed E-state index contributed by atoms with van der Waals surface area (Å²) in [4.78, 5) is 48.9. The van der Waals surface area contributed by atoms with E-state index in [-0.39, 0.29) is 54.6 Å². The summed E-state index contributed by atoms with van der Waals surface area (Å²) in [6.07, 6.45) is 19.8. The number of hydrogen-bond donors (Lipinski definition) is 1. The van der Waals surface area contributed by atoms with Crippen LogP contribution in [0.4, 0.5) is 0 Å². The number of allylic oxidation sites excluding steroid dienone is 1. The molecule has 1 aliphatic heterocycles. The normalized spacial score (nSPS) is 24.6. The molecule has 0 aromatic rings. The molecule has 19 heteroatoms. The first-order valence-corrected chi connectivity index (χ1v) is 31.0. The molecule has 0 saturated heterocycles. The highest BCUT2D eigenvalue weighted by Gasteiger charge is 2.59. The second-order valence-electron chi connectivity index (χ2n) is 23.4. The van der Waals surface area contributed by atoms with Crippen LogP contribution in [0.15, 0.2) is 23.8 Å². The second-order valence-corrected chi connectivity index (χ2v) is 23.4. The Hall–Kier alpha value is -2.92. The molecule has 0 bridgehead atoms. The summed E-state index contributed by atoms with van der Waals surface area (Å²) in [7, 11) is 0. The summed E-state index contributed by atoms with van der Waals surface area (Å²) >= 11 is 0. The largest absolute Gasteiger partial charge is 0.462 e. The van der Waals surface area contributed by atoms with Gasteiger partial charge in [0.25, 0.3) is 11.8 Å². The van der Waals surface area contributed by atoms with Crippen molar-refractivity contribution in [3.63, 3.8) is 0 Å². The van der Waals surface area contributed by atoms with Crippen LogP contribution in [0.2, 0.25) is 0 Å². The van der Waals surface area contributed by atoms with Crippen LogP contribution in [0.5, 0.6) is 0 Å². The lowest BCUT2D eigenvalue weighted by Crippen LogP contribution is -2.51. The monoisotopic (exact) mass is 1150 g/mol. The van der Waals surface area contributed by atoms with Gasteiger partial charge >= 0.3 is 5.97 Å². The molecule has 466 valence electrons. The first-order valence-electron chi connectivity index (χ1n) is 31.0. The third-order valence-corrected chi connectivity index (χ3v) is 17.4. The molecule has 81 heavy (non-hydrogen) atoms. The van der Waals surface area contributed by atoms with Crippen LogP contribution in [0.1, 0.15) is 125 Å². The van der Waals surface area contributed by atoms with Crippen molar-refractivity contribution in [1.82, 2.24) is 10.2 Å². The molecule has 3 fully saturated rings. The Kier molecular flexibility index (Phi) is 34.3. The maximum atomic E-state index is 12.8. The minimum Gasteiger partial charge on any atom is -0.462 e. The van der Waals surface area contributed by atoms with Gasteiger partial charge in [-0.1, -0.05) is 65.5 Å². The van der Waals surface area contributed by atoms with Gasteiger partial charge in [-0.3, -0.25) is 24.1 Å². The van der Waals surface area contributed by atoms with Crippen LogP contribution in [-0.2, 0) is 80.8 Å². The highest BCUT2D eigenvalue weighted by atomic mass is 16.6. The molecule has 0 aromatic carbocycles. The number of ether oxygens (including phenoxy) is 13. The fourth-order valence-electron chi connectivity index (χ4n) is 13.1. The second kappa shape index (κ2) is 40.4. The fraction of sp³-hybridized carbons (Fsp3) is 0.871. The third-order valence-electron chi connectivity index (χ3n) is 17.4. The molecule has 0 radical (unpaired) electrons. The zero-order valence-corrected chi connectivity index (χ0v) is 50.4. The van der Waals surface area contributed by atoms with Gasteiger partial charge in [-0.15, -0.1) is 0 Å². The molecule has 3 amide bonds. The summed E-state index contributed by atoms with van der Waals surface area (Å²) in [6, 6.07) is 0. The fourth-order valence-corrected chi connectivity index (χ4v) is 13.1. The summed E-state index contributed by atoms with van der Waals surface area (Å²) < 4.78 is 72.6. The minimum absolute atomic E-state index is 0.0228. The lowest BCUT2D eigenvalue weighted by Gasteiger charge is -2.58. The number of nitrogens with zero attached hydrogens (tertiary/aromatic N) is 1. The van der Waals surface area contributed by atoms with E-state index in [1.807, 2.05) is 0 Å². The summed E-state index contributed by atoms with van der Waals surface area (Å²) in [6.45, 7) is 23.9. The number of imide groups is 1. The summed E-state index contributed by atoms with van der Waals surface area (Å²) in [5.41, 5.74) is 2.31. The molecule has 1 N–H and O–H groups in total. The predicted octanol–water partition coefficient (Wildman–Crippen LogP) is 7.35. The van der Waals surface area contributed by atoms with Gasteiger partial charge in [-0.2, -0.15) is 0 Å². The van der Waals surface area contributed by atoms with Gasteiger partial charge in [-0.25, -0.2) is 0 Å². The number of nitrogens with one attached hydrogen (secondary N) is 1. The van der Waals surface area contributed by atoms with Crippen molar-refractivity contribution < 1.29 is 80.8 Å². The molecule has 0 spiro atoms. The van der Waals surface area contributed by atoms with Gasteiger partial charge < -0.3 is 66.9 Å². The van der Waals surface area contributed by atoms with Crippen molar-refractivity contribution >= 4 is 23.7 Å². The summed E-state index contributed by atoms with van der Waals surface area (Å²) in [5, 5.41) is 2.75. The van der Waals surface area contributed by atoms with Gasteiger partial charge in [0.2, 0.25) is 5.91 Å². The van der Waals surface area contributed by atoms with Crippen molar-refractivity contribution in [2.75, 3.05) is 172 Å². The van der Waals surface area contributed by atoms with E-state index < -0.39 is 0 Å². The molecule has 3 saturated carbocycles. The zero-order chi connectivity index (χ0) is 57.8. The predicted molar refractivity (Wildman–Crippen MR) is 305 cm³/mol. The smallest absolute Gasteiger partial charge is 0.308 e. The van der Waals surface area contributed by atoms with E-state index >= 15 is 0 Å². The van der Waals surface area contributed by atoms with E-state index in [1.54, 1.807) is 5.57 Å². The Morgan fingerprint density at radius 1 is 0.556 bits per heavy atom. The van der Waals surface area contributed by atoms with Crippen molar-refractivity contribution in [2.45, 2.75) is 131 Å². The number of hydrogen-bond acceptors (Lipinski definition) is 17. The molecular formula is C62H106N2O17. The van der Waals surface area contributed by atoms with Crippen LogP contribution in [0.25, 0.3) is 0 Å². The quantitative estimate of drug-likeness (QED) is 0.0274. The molecular weight excluding hydrogens is 1040 g/mol. The van der Waals surface area contributed by atoms with E-state index in [0.717, 1.165) is 59.7 Å². The summed E-state index contributed by atoms with van der Waals surface area (Å²) in [5.74, 6) is 3.96. The highest BCUT2D eigenvalue weighted by Crippen LogP contribution is 2.67. The molecule has 19 nitrogen and oxygen atoms in total. The van der Waals surface area contributed by atoms with E-state index in [1.165, 1.54) is 63.5 Å². The van der Waals surface area contributed by atoms with Crippen molar-refractivity contribution in [1.29, 1.82) is 0 Å². The SMILES string of the molecule is CC(C)CCCC(C)C1CCC2C3CC=C4CC(OC(=O)CCOCCOCCOCCOCCOCCOCCOCCOCCOCCOCCOCCOCCNC(=O)CCCN5C(=O)C=CC5=O)CCC4(C)C3CCC12C. The lowest BCUT2D eigenvalue weighted by molar-refractivity contribution is -0.153. The van der Waals surface area contributed by atoms with Crippen molar-refractivity contribution in [2.24, 2.45) is 46.3 Å². The van der Waals surface area contributed by atoms with Crippen molar-refractivity contribution in [3.05, 3.63) is 23.8 Å². The number of esters is 1. The van der Waals surface area contributed by atoms with Crippen molar-refractivity contribution in [3.8, 4) is 0 Å². The molecule has 4 aliphatic carbocycles. The zero-order valence-electron chi connectivity index (χ0n) is 50.4. The Morgan fingerprint density at radius 3 is 1.51 bits per heavy atom. The van der Waals surface area contributed by atoms with Crippen LogP contribution >= 0.6 is 0 Å². The molecule has 8 atom stereocenters. The van der Waals surface area contributed by atoms with E-state index in [4.69, 9.17) is 61.6 Å². The van der Waals surface area contributed by atoms with Gasteiger partial charge in [-0.05, 0) is 97.7 Å². The minimum atomic E-state index is -0.340. The number of amides is 3. The first kappa shape index (κ1) is 68.9. The van der Waals surface area contributed by atoms with Crippen LogP contribution < -0.4 is 5.32 Å². The van der Waals surface area contributed by atoms with E-state index in [9.17, 15) is 19.2 Å². The number of rotatable bonds is 49. The average Bonchev–Trinajstić information content (AvgIpc) is 4.19. The molecule has 0 aromatic heterocycles. The van der Waals surface area contributed by atoms with Crippen LogP contribution in [0.3, 0.4) is 0 Å². The molecule has 8 unspecified atom stereocenters. The maximum absolute atomic E-state index is 12.8. The topological polar surface area (TPSA) is 204 Å². The number of fused-ring (bicyclic) bond motifs is 5.